The minimum atomic E-state index is -0.304. The van der Waals surface area contributed by atoms with Gasteiger partial charge in [0.2, 0.25) is 5.82 Å². The number of aromatic nitrogens is 3. The molecule has 15 heavy (non-hydrogen) atoms. The van der Waals surface area contributed by atoms with Crippen molar-refractivity contribution in [2.24, 2.45) is 0 Å². The van der Waals surface area contributed by atoms with Gasteiger partial charge in [0.25, 0.3) is 5.91 Å². The summed E-state index contributed by atoms with van der Waals surface area (Å²) in [5.41, 5.74) is 0. The Morgan fingerprint density at radius 3 is 3.07 bits per heavy atom. The normalized spacial score (nSPS) is 10.2. The number of H-pyrrole nitrogens is 1. The average molecular weight is 206 g/mol. The summed E-state index contributed by atoms with van der Waals surface area (Å²) in [4.78, 5) is 15.1. The van der Waals surface area contributed by atoms with Gasteiger partial charge in [0.05, 0.1) is 6.54 Å². The van der Waals surface area contributed by atoms with E-state index in [4.69, 9.17) is 4.42 Å². The van der Waals surface area contributed by atoms with Crippen molar-refractivity contribution in [2.75, 3.05) is 0 Å². The van der Waals surface area contributed by atoms with Gasteiger partial charge in [0.1, 0.15) is 17.8 Å². The largest absolute Gasteiger partial charge is 0.465 e. The summed E-state index contributed by atoms with van der Waals surface area (Å²) in [5, 5.41) is 8.70. The molecule has 0 unspecified atom stereocenters. The van der Waals surface area contributed by atoms with Gasteiger partial charge in [0, 0.05) is 0 Å². The molecule has 0 aliphatic carbocycles. The molecule has 78 valence electrons. The number of nitrogens with one attached hydrogen (secondary N) is 2. The molecule has 0 fully saturated rings. The lowest BCUT2D eigenvalue weighted by Crippen LogP contribution is -2.23. The van der Waals surface area contributed by atoms with E-state index in [9.17, 15) is 4.79 Å². The number of carbonyl (C=O) groups is 1. The zero-order valence-corrected chi connectivity index (χ0v) is 8.15. The van der Waals surface area contributed by atoms with Gasteiger partial charge in [-0.3, -0.25) is 9.89 Å². The summed E-state index contributed by atoms with van der Waals surface area (Å²) in [6.07, 6.45) is 1.28. The minimum Gasteiger partial charge on any atom is -0.465 e. The van der Waals surface area contributed by atoms with E-state index in [1.807, 2.05) is 19.1 Å². The van der Waals surface area contributed by atoms with Gasteiger partial charge >= 0.3 is 0 Å². The molecule has 2 heterocycles. The molecule has 0 aromatic carbocycles. The Kier molecular flexibility index (Phi) is 2.49. The van der Waals surface area contributed by atoms with Crippen molar-refractivity contribution in [2.45, 2.75) is 13.5 Å². The minimum absolute atomic E-state index is 0.193. The lowest BCUT2D eigenvalue weighted by molar-refractivity contribution is 0.0938. The number of aromatic amines is 1. The number of rotatable bonds is 3. The highest BCUT2D eigenvalue weighted by atomic mass is 16.3. The Hall–Kier alpha value is -2.11. The Balaban J connectivity index is 1.91. The summed E-state index contributed by atoms with van der Waals surface area (Å²) >= 11 is 0. The first-order valence-corrected chi connectivity index (χ1v) is 4.44. The lowest BCUT2D eigenvalue weighted by atomic mass is 10.4. The third-order valence-corrected chi connectivity index (χ3v) is 1.85. The Morgan fingerprint density at radius 2 is 2.47 bits per heavy atom. The predicted octanol–water partition coefficient (Wildman–Crippen LogP) is 0.636. The Morgan fingerprint density at radius 1 is 1.60 bits per heavy atom. The van der Waals surface area contributed by atoms with Crippen LogP contribution in [0.15, 0.2) is 22.9 Å². The summed E-state index contributed by atoms with van der Waals surface area (Å²) in [6.45, 7) is 2.19. The van der Waals surface area contributed by atoms with Crippen LogP contribution in [0, 0.1) is 6.92 Å². The third-order valence-electron chi connectivity index (χ3n) is 1.85. The van der Waals surface area contributed by atoms with E-state index in [1.165, 1.54) is 6.33 Å². The monoisotopic (exact) mass is 206 g/mol. The fourth-order valence-corrected chi connectivity index (χ4v) is 1.15. The van der Waals surface area contributed by atoms with Crippen LogP contribution in [-0.4, -0.2) is 21.1 Å². The van der Waals surface area contributed by atoms with Crippen molar-refractivity contribution in [1.82, 2.24) is 20.5 Å². The first-order valence-electron chi connectivity index (χ1n) is 4.44. The topological polar surface area (TPSA) is 83.8 Å². The molecule has 6 nitrogen and oxygen atoms in total. The summed E-state index contributed by atoms with van der Waals surface area (Å²) in [7, 11) is 0. The molecule has 0 aliphatic heterocycles. The standard InChI is InChI=1S/C9H10N4O2/c1-6-2-3-7(15-6)4-10-9(14)8-11-5-12-13-8/h2-3,5H,4H2,1H3,(H,10,14)(H,11,12,13). The zero-order valence-electron chi connectivity index (χ0n) is 8.15. The highest BCUT2D eigenvalue weighted by Gasteiger charge is 2.08. The van der Waals surface area contributed by atoms with Gasteiger partial charge < -0.3 is 9.73 Å². The van der Waals surface area contributed by atoms with E-state index in [-0.39, 0.29) is 11.7 Å². The van der Waals surface area contributed by atoms with E-state index in [0.717, 1.165) is 5.76 Å². The second kappa shape index (κ2) is 3.95. The predicted molar refractivity (Wildman–Crippen MR) is 51.0 cm³/mol. The number of nitrogens with zero attached hydrogens (tertiary/aromatic N) is 2. The molecule has 0 saturated carbocycles. The average Bonchev–Trinajstić information content (AvgIpc) is 2.84. The Bertz CT molecular complexity index is 446. The molecule has 0 bridgehead atoms. The van der Waals surface area contributed by atoms with Crippen LogP contribution < -0.4 is 5.32 Å². The Labute approximate surface area is 85.7 Å². The molecular formula is C9H10N4O2. The maximum absolute atomic E-state index is 11.4. The molecule has 2 N–H and O–H groups in total. The number of hydrogen-bond donors (Lipinski definition) is 2. The lowest BCUT2D eigenvalue weighted by Gasteiger charge is -1.99. The second-order valence-electron chi connectivity index (χ2n) is 3.03. The molecule has 2 rings (SSSR count). The number of furan rings is 1. The first-order chi connectivity index (χ1) is 7.25. The van der Waals surface area contributed by atoms with Crippen LogP contribution in [0.25, 0.3) is 0 Å². The molecule has 2 aromatic heterocycles. The number of hydrogen-bond acceptors (Lipinski definition) is 4. The number of amides is 1. The second-order valence-corrected chi connectivity index (χ2v) is 3.03. The van der Waals surface area contributed by atoms with Gasteiger partial charge in [-0.2, -0.15) is 5.10 Å². The highest BCUT2D eigenvalue weighted by Crippen LogP contribution is 2.05. The molecular weight excluding hydrogens is 196 g/mol. The highest BCUT2D eigenvalue weighted by molar-refractivity contribution is 5.90. The van der Waals surface area contributed by atoms with Crippen LogP contribution in [0.2, 0.25) is 0 Å². The number of carbonyl (C=O) groups excluding carboxylic acids is 1. The van der Waals surface area contributed by atoms with Crippen molar-refractivity contribution < 1.29 is 9.21 Å². The fraction of sp³-hybridized carbons (Fsp3) is 0.222. The van der Waals surface area contributed by atoms with Crippen LogP contribution in [0.1, 0.15) is 22.1 Å². The molecule has 0 radical (unpaired) electrons. The van der Waals surface area contributed by atoms with Crippen molar-refractivity contribution in [3.05, 3.63) is 35.8 Å². The summed E-state index contributed by atoms with van der Waals surface area (Å²) in [6, 6.07) is 3.66. The summed E-state index contributed by atoms with van der Waals surface area (Å²) < 4.78 is 5.29. The molecule has 6 heteroatoms. The third kappa shape index (κ3) is 2.22. The van der Waals surface area contributed by atoms with Crippen molar-refractivity contribution >= 4 is 5.91 Å². The molecule has 0 aliphatic rings. The van der Waals surface area contributed by atoms with E-state index in [2.05, 4.69) is 20.5 Å². The maximum Gasteiger partial charge on any atom is 0.288 e. The van der Waals surface area contributed by atoms with Gasteiger partial charge in [-0.25, -0.2) is 4.98 Å². The van der Waals surface area contributed by atoms with Gasteiger partial charge in [0.15, 0.2) is 0 Å². The van der Waals surface area contributed by atoms with E-state index >= 15 is 0 Å². The van der Waals surface area contributed by atoms with Crippen LogP contribution in [0.3, 0.4) is 0 Å². The van der Waals surface area contributed by atoms with Crippen LogP contribution in [-0.2, 0) is 6.54 Å². The maximum atomic E-state index is 11.4. The van der Waals surface area contributed by atoms with Gasteiger partial charge in [-0.1, -0.05) is 0 Å². The first kappa shape index (κ1) is 9.45. The van der Waals surface area contributed by atoms with E-state index < -0.39 is 0 Å². The quantitative estimate of drug-likeness (QED) is 0.771. The van der Waals surface area contributed by atoms with Crippen LogP contribution in [0.4, 0.5) is 0 Å². The van der Waals surface area contributed by atoms with Crippen molar-refractivity contribution in [3.8, 4) is 0 Å². The smallest absolute Gasteiger partial charge is 0.288 e. The molecule has 0 spiro atoms. The van der Waals surface area contributed by atoms with Crippen molar-refractivity contribution in [3.63, 3.8) is 0 Å². The SMILES string of the molecule is Cc1ccc(CNC(=O)c2ncn[nH]2)o1. The van der Waals surface area contributed by atoms with Crippen LogP contribution >= 0.6 is 0 Å². The number of aryl methyl sites for hydroxylation is 1. The molecule has 2 aromatic rings. The van der Waals surface area contributed by atoms with E-state index in [0.29, 0.717) is 12.3 Å². The van der Waals surface area contributed by atoms with Crippen LogP contribution in [0.5, 0.6) is 0 Å². The summed E-state index contributed by atoms with van der Waals surface area (Å²) in [5.74, 6) is 1.42. The molecule has 1 amide bonds. The van der Waals surface area contributed by atoms with Gasteiger partial charge in [-0.15, -0.1) is 0 Å². The molecule has 0 saturated heterocycles. The zero-order chi connectivity index (χ0) is 10.7. The fourth-order valence-electron chi connectivity index (χ4n) is 1.15. The van der Waals surface area contributed by atoms with E-state index in [1.54, 1.807) is 0 Å². The van der Waals surface area contributed by atoms with Crippen molar-refractivity contribution in [1.29, 1.82) is 0 Å². The molecule has 0 atom stereocenters. The van der Waals surface area contributed by atoms with Gasteiger partial charge in [-0.05, 0) is 19.1 Å².